The van der Waals surface area contributed by atoms with Gasteiger partial charge in [-0.15, -0.1) is 0 Å². The lowest BCUT2D eigenvalue weighted by atomic mass is 9.96. The zero-order valence-corrected chi connectivity index (χ0v) is 47.4. The lowest BCUT2D eigenvalue weighted by molar-refractivity contribution is -0.135. The molecule has 0 bridgehead atoms. The number of benzene rings is 2. The van der Waals surface area contributed by atoms with Gasteiger partial charge in [-0.3, -0.25) is 47.9 Å². The highest BCUT2D eigenvalue weighted by Crippen LogP contribution is 2.20. The van der Waals surface area contributed by atoms with Gasteiger partial charge in [0.15, 0.2) is 0 Å². The molecule has 25 nitrogen and oxygen atoms in total. The summed E-state index contributed by atoms with van der Waals surface area (Å²) >= 11 is 0. The van der Waals surface area contributed by atoms with Gasteiger partial charge in [-0.05, 0) is 74.6 Å². The average Bonchev–Trinajstić information content (AvgIpc) is 4.10. The van der Waals surface area contributed by atoms with Crippen LogP contribution in [-0.2, 0) is 67.2 Å². The van der Waals surface area contributed by atoms with Crippen molar-refractivity contribution >= 4 is 70.0 Å². The third kappa shape index (κ3) is 21.8. The van der Waals surface area contributed by atoms with E-state index in [1.54, 1.807) is 33.2 Å². The van der Waals surface area contributed by atoms with E-state index in [0.717, 1.165) is 16.5 Å². The minimum atomic E-state index is -1.40. The summed E-state index contributed by atoms with van der Waals surface area (Å²) in [6, 6.07) is 7.29. The zero-order chi connectivity index (χ0) is 59.9. The molecular formula is C56H82N14O11. The Balaban J connectivity index is 1.45. The van der Waals surface area contributed by atoms with E-state index in [4.69, 9.17) is 11.5 Å². The number of nitrogens with zero attached hydrogens (tertiary/aromatic N) is 1. The Morgan fingerprint density at radius 1 is 0.605 bits per heavy atom. The van der Waals surface area contributed by atoms with Gasteiger partial charge in [0, 0.05) is 42.6 Å². The summed E-state index contributed by atoms with van der Waals surface area (Å²) in [6.45, 7) is 11.4. The third-order valence-electron chi connectivity index (χ3n) is 13.3. The Morgan fingerprint density at radius 3 is 1.83 bits per heavy atom. The minimum absolute atomic E-state index is 0.0351. The lowest BCUT2D eigenvalue weighted by Crippen LogP contribution is -2.59. The number of aromatic amines is 2. The summed E-state index contributed by atoms with van der Waals surface area (Å²) < 4.78 is 0. The second-order valence-electron chi connectivity index (χ2n) is 21.5. The number of aliphatic hydroxyl groups is 1. The monoisotopic (exact) mass is 1130 g/mol. The first-order valence-electron chi connectivity index (χ1n) is 27.2. The predicted octanol–water partition coefficient (Wildman–Crippen LogP) is -0.713. The van der Waals surface area contributed by atoms with E-state index in [0.29, 0.717) is 11.3 Å². The zero-order valence-electron chi connectivity index (χ0n) is 47.4. The van der Waals surface area contributed by atoms with Crippen LogP contribution in [0.5, 0.6) is 0 Å². The van der Waals surface area contributed by atoms with Crippen LogP contribution in [0.2, 0.25) is 0 Å². The largest absolute Gasteiger partial charge is 0.390 e. The number of aromatic nitrogens is 3. The molecule has 2 aromatic carbocycles. The van der Waals surface area contributed by atoms with Gasteiger partial charge in [-0.2, -0.15) is 0 Å². The molecule has 4 aromatic rings. The molecule has 4 rings (SSSR count). The molecule has 0 radical (unpaired) electrons. The van der Waals surface area contributed by atoms with Crippen LogP contribution in [0.25, 0.3) is 10.9 Å². The molecule has 0 aliphatic rings. The Bertz CT molecular complexity index is 2750. The molecule has 25 heteroatoms. The number of carbonyl (C=O) groups excluding carboxylic acids is 10. The van der Waals surface area contributed by atoms with Crippen LogP contribution in [0.3, 0.4) is 0 Å². The molecule has 2 aromatic heterocycles. The SMILES string of the molecule is CN[C@H](Cc1ccccc1)C(=O)N[C@@H](CCC(N)=O)C(=O)NC(Cc1c[nH]c2ccccc12)C(=O)N[C@@H](C)C(=O)NC(C(=O)NCC(=O)NC(Cc1c[nH]cn1)C(=O)N[C@@H](CC(C)C)[C@@H](O)CC(=O)NC(CC(C)C)C(N)=O)C(C)C. The second kappa shape index (κ2) is 32.2. The van der Waals surface area contributed by atoms with Crippen molar-refractivity contribution in [3.63, 3.8) is 0 Å². The number of imidazole rings is 1. The number of aliphatic hydroxyl groups excluding tert-OH is 1. The van der Waals surface area contributed by atoms with Crippen molar-refractivity contribution in [2.75, 3.05) is 13.6 Å². The van der Waals surface area contributed by atoms with Crippen molar-refractivity contribution in [2.45, 2.75) is 154 Å². The van der Waals surface area contributed by atoms with Crippen LogP contribution >= 0.6 is 0 Å². The Morgan fingerprint density at radius 2 is 1.21 bits per heavy atom. The number of rotatable bonds is 34. The Hall–Kier alpha value is -8.19. The van der Waals surface area contributed by atoms with Crippen LogP contribution in [-0.4, -0.2) is 147 Å². The van der Waals surface area contributed by atoms with Gasteiger partial charge in [0.25, 0.3) is 0 Å². The number of fused-ring (bicyclic) bond motifs is 1. The van der Waals surface area contributed by atoms with E-state index in [1.807, 2.05) is 76.2 Å². The van der Waals surface area contributed by atoms with E-state index in [-0.39, 0.29) is 56.8 Å². The predicted molar refractivity (Wildman–Crippen MR) is 301 cm³/mol. The number of likely N-dealkylation sites (N-methyl/N-ethyl adjacent to an activating group) is 1. The smallest absolute Gasteiger partial charge is 0.243 e. The van der Waals surface area contributed by atoms with Gasteiger partial charge in [-0.1, -0.05) is 90.1 Å². The first-order chi connectivity index (χ1) is 38.3. The molecule has 4 unspecified atom stereocenters. The maximum absolute atomic E-state index is 14.3. The fraction of sp³-hybridized carbons (Fsp3) is 0.518. The highest BCUT2D eigenvalue weighted by Gasteiger charge is 2.34. The molecule has 0 aliphatic carbocycles. The lowest BCUT2D eigenvalue weighted by Gasteiger charge is -2.28. The summed E-state index contributed by atoms with van der Waals surface area (Å²) in [5.74, 6) is -7.92. The molecule has 9 atom stereocenters. The van der Waals surface area contributed by atoms with Gasteiger partial charge in [-0.25, -0.2) is 4.98 Å². The summed E-state index contributed by atoms with van der Waals surface area (Å²) in [6.07, 6.45) is 2.84. The van der Waals surface area contributed by atoms with Crippen molar-refractivity contribution in [1.29, 1.82) is 0 Å². The number of H-pyrrole nitrogens is 2. The number of amides is 10. The quantitative estimate of drug-likeness (QED) is 0.0275. The summed E-state index contributed by atoms with van der Waals surface area (Å²) in [4.78, 5) is 144. The van der Waals surface area contributed by atoms with E-state index in [9.17, 15) is 53.1 Å². The molecule has 0 aliphatic heterocycles. The molecule has 0 saturated carbocycles. The van der Waals surface area contributed by atoms with E-state index in [1.165, 1.54) is 19.4 Å². The molecule has 2 heterocycles. The standard InChI is InChI=1S/C56H82N14O11/c1-30(2)20-40(45(71)25-47(73)65-41(50(58)75)21-31(3)4)68-55(80)44(24-36-27-60-29-63-36)66-48(74)28-62-56(81)49(32(5)6)70-51(76)33(7)64-54(79)43(23-35-26-61-38-17-13-12-16-37(35)38)69-52(77)39(18-19-46(57)72)67-53(78)42(59-8)22-34-14-10-9-11-15-34/h9-17,26-27,29-33,39-45,49,59,61,71H,18-25,28H2,1-8H3,(H2,57,72)(H2,58,75)(H,60,63)(H,62,81)(H,64,79)(H,65,73)(H,66,74)(H,67,78)(H,68,80)(H,69,77)(H,70,76)/t33-,39-,40-,41?,42+,43?,44?,45-,49?/m0/s1. The van der Waals surface area contributed by atoms with Crippen LogP contribution in [0.15, 0.2) is 73.3 Å². The van der Waals surface area contributed by atoms with Gasteiger partial charge in [0.05, 0.1) is 43.2 Å². The second-order valence-corrected chi connectivity index (χ2v) is 21.5. The van der Waals surface area contributed by atoms with Gasteiger partial charge < -0.3 is 74.4 Å². The number of nitrogens with one attached hydrogen (secondary N) is 11. The van der Waals surface area contributed by atoms with Crippen molar-refractivity contribution in [1.82, 2.24) is 62.8 Å². The Labute approximate surface area is 471 Å². The number of hydrogen-bond donors (Lipinski definition) is 14. The first-order valence-corrected chi connectivity index (χ1v) is 27.2. The highest BCUT2D eigenvalue weighted by atomic mass is 16.3. The molecule has 0 spiro atoms. The fourth-order valence-corrected chi connectivity index (χ4v) is 8.95. The van der Waals surface area contributed by atoms with Crippen molar-refractivity contribution in [3.05, 3.63) is 90.1 Å². The maximum atomic E-state index is 14.3. The number of carbonyl (C=O) groups is 10. The number of nitrogens with two attached hydrogens (primary N) is 2. The van der Waals surface area contributed by atoms with Crippen LogP contribution in [0.1, 0.15) is 97.4 Å². The van der Waals surface area contributed by atoms with E-state index >= 15 is 0 Å². The first kappa shape index (κ1) is 65.3. The van der Waals surface area contributed by atoms with Crippen molar-refractivity contribution in [2.24, 2.45) is 29.2 Å². The molecule has 10 amide bonds. The van der Waals surface area contributed by atoms with Crippen LogP contribution in [0.4, 0.5) is 0 Å². The van der Waals surface area contributed by atoms with Gasteiger partial charge >= 0.3 is 0 Å². The third-order valence-corrected chi connectivity index (χ3v) is 13.3. The van der Waals surface area contributed by atoms with Crippen molar-refractivity contribution in [3.8, 4) is 0 Å². The summed E-state index contributed by atoms with van der Waals surface area (Å²) in [5.41, 5.74) is 13.6. The van der Waals surface area contributed by atoms with Gasteiger partial charge in [0.1, 0.15) is 36.3 Å². The molecule has 0 fully saturated rings. The molecular weight excluding hydrogens is 1040 g/mol. The van der Waals surface area contributed by atoms with Gasteiger partial charge in [0.2, 0.25) is 59.1 Å². The number of primary amides is 2. The molecule has 442 valence electrons. The van der Waals surface area contributed by atoms with E-state index in [2.05, 4.69) is 62.8 Å². The fourth-order valence-electron chi connectivity index (χ4n) is 8.95. The van der Waals surface area contributed by atoms with Crippen molar-refractivity contribution < 1.29 is 53.1 Å². The number of hydrogen-bond acceptors (Lipinski definition) is 13. The topological polar surface area (TPSA) is 396 Å². The maximum Gasteiger partial charge on any atom is 0.243 e. The summed E-state index contributed by atoms with van der Waals surface area (Å²) in [7, 11) is 1.59. The molecule has 81 heavy (non-hydrogen) atoms. The van der Waals surface area contributed by atoms with E-state index < -0.39 is 132 Å². The van der Waals surface area contributed by atoms with Crippen LogP contribution < -0.4 is 59.3 Å². The summed E-state index contributed by atoms with van der Waals surface area (Å²) in [5, 5.41) is 36.1. The normalized spacial score (nSPS) is 14.7. The average molecular weight is 1130 g/mol. The molecule has 16 N–H and O–H groups in total. The Kier molecular flexibility index (Phi) is 25.9. The van der Waals surface area contributed by atoms with Crippen LogP contribution in [0, 0.1) is 17.8 Å². The molecule has 0 saturated heterocycles. The number of para-hydroxylation sites is 1. The highest BCUT2D eigenvalue weighted by molar-refractivity contribution is 5.97. The minimum Gasteiger partial charge on any atom is -0.390 e.